The molecule has 0 saturated heterocycles. The standard InChI is InChI=1S/C17H20FN7OS/c1-12(2)25-16(21-22-23-25)10-27-11-17(26)20-14-7-19-24(9-14)8-13-5-3-4-6-15(13)18/h3-7,9,12H,8,10-11H2,1-2H3,(H,20,26). The molecule has 10 heteroatoms. The van der Waals surface area contributed by atoms with Crippen LogP contribution in [-0.2, 0) is 17.1 Å². The van der Waals surface area contributed by atoms with Crippen LogP contribution in [0.3, 0.4) is 0 Å². The summed E-state index contributed by atoms with van der Waals surface area (Å²) in [5.74, 6) is 1.13. The lowest BCUT2D eigenvalue weighted by molar-refractivity contribution is -0.113. The summed E-state index contributed by atoms with van der Waals surface area (Å²) in [5, 5.41) is 18.5. The van der Waals surface area contributed by atoms with Crippen LogP contribution in [0.5, 0.6) is 0 Å². The zero-order valence-electron chi connectivity index (χ0n) is 15.0. The second kappa shape index (κ2) is 8.76. The van der Waals surface area contributed by atoms with Gasteiger partial charge in [-0.1, -0.05) is 18.2 Å². The summed E-state index contributed by atoms with van der Waals surface area (Å²) in [6, 6.07) is 6.71. The number of carbonyl (C=O) groups excluding carboxylic acids is 1. The first-order chi connectivity index (χ1) is 13.0. The number of rotatable bonds is 8. The fraction of sp³-hybridized carbons (Fsp3) is 0.353. The molecule has 0 fully saturated rings. The van der Waals surface area contributed by atoms with Crippen LogP contribution < -0.4 is 5.32 Å². The molecule has 0 aliphatic rings. The summed E-state index contributed by atoms with van der Waals surface area (Å²) in [4.78, 5) is 12.1. The fourth-order valence-electron chi connectivity index (χ4n) is 2.46. The zero-order valence-corrected chi connectivity index (χ0v) is 15.9. The van der Waals surface area contributed by atoms with Crippen LogP contribution in [0.4, 0.5) is 10.1 Å². The van der Waals surface area contributed by atoms with Gasteiger partial charge in [-0.3, -0.25) is 9.48 Å². The number of amides is 1. The lowest BCUT2D eigenvalue weighted by Gasteiger charge is -2.07. The van der Waals surface area contributed by atoms with E-state index in [1.165, 1.54) is 17.8 Å². The Kier molecular flexibility index (Phi) is 6.17. The van der Waals surface area contributed by atoms with Gasteiger partial charge in [0.15, 0.2) is 5.82 Å². The van der Waals surface area contributed by atoms with Crippen molar-refractivity contribution >= 4 is 23.4 Å². The Balaban J connectivity index is 1.48. The second-order valence-corrected chi connectivity index (χ2v) is 7.18. The minimum Gasteiger partial charge on any atom is -0.323 e. The smallest absolute Gasteiger partial charge is 0.234 e. The maximum atomic E-state index is 13.7. The third kappa shape index (κ3) is 5.13. The van der Waals surface area contributed by atoms with E-state index >= 15 is 0 Å². The molecule has 142 valence electrons. The molecule has 2 heterocycles. The first kappa shape index (κ1) is 19.0. The highest BCUT2D eigenvalue weighted by molar-refractivity contribution is 7.99. The first-order valence-corrected chi connectivity index (χ1v) is 9.58. The van der Waals surface area contributed by atoms with Gasteiger partial charge in [0.1, 0.15) is 5.82 Å². The molecule has 27 heavy (non-hydrogen) atoms. The third-order valence-electron chi connectivity index (χ3n) is 3.72. The molecule has 1 amide bonds. The topological polar surface area (TPSA) is 90.5 Å². The summed E-state index contributed by atoms with van der Waals surface area (Å²) in [7, 11) is 0. The molecule has 2 aromatic heterocycles. The molecule has 0 spiro atoms. The molecule has 3 aromatic rings. The quantitative estimate of drug-likeness (QED) is 0.637. The Labute approximate surface area is 160 Å². The minimum absolute atomic E-state index is 0.144. The third-order valence-corrected chi connectivity index (χ3v) is 4.65. The van der Waals surface area contributed by atoms with E-state index in [0.717, 1.165) is 5.82 Å². The van der Waals surface area contributed by atoms with Crippen LogP contribution in [0.15, 0.2) is 36.7 Å². The van der Waals surface area contributed by atoms with Crippen molar-refractivity contribution in [1.29, 1.82) is 0 Å². The van der Waals surface area contributed by atoms with E-state index in [9.17, 15) is 9.18 Å². The maximum Gasteiger partial charge on any atom is 0.234 e. The lowest BCUT2D eigenvalue weighted by atomic mass is 10.2. The number of hydrogen-bond acceptors (Lipinski definition) is 6. The van der Waals surface area contributed by atoms with Crippen molar-refractivity contribution in [2.75, 3.05) is 11.1 Å². The summed E-state index contributed by atoms with van der Waals surface area (Å²) in [6.45, 7) is 4.29. The van der Waals surface area contributed by atoms with Crippen molar-refractivity contribution < 1.29 is 9.18 Å². The van der Waals surface area contributed by atoms with E-state index in [1.54, 1.807) is 40.0 Å². The Bertz CT molecular complexity index is 908. The van der Waals surface area contributed by atoms with Crippen LogP contribution in [0, 0.1) is 5.82 Å². The normalized spacial score (nSPS) is 11.1. The largest absolute Gasteiger partial charge is 0.323 e. The number of nitrogens with zero attached hydrogens (tertiary/aromatic N) is 6. The van der Waals surface area contributed by atoms with E-state index in [-0.39, 0.29) is 23.5 Å². The van der Waals surface area contributed by atoms with Crippen molar-refractivity contribution in [3.8, 4) is 0 Å². The number of nitrogens with one attached hydrogen (secondary N) is 1. The highest BCUT2D eigenvalue weighted by Crippen LogP contribution is 2.14. The predicted octanol–water partition coefficient (Wildman–Crippen LogP) is 2.51. The Morgan fingerprint density at radius 1 is 1.33 bits per heavy atom. The zero-order chi connectivity index (χ0) is 19.2. The van der Waals surface area contributed by atoms with E-state index in [4.69, 9.17) is 0 Å². The first-order valence-electron chi connectivity index (χ1n) is 8.43. The Morgan fingerprint density at radius 2 is 2.15 bits per heavy atom. The number of benzene rings is 1. The lowest BCUT2D eigenvalue weighted by Crippen LogP contribution is -2.14. The SMILES string of the molecule is CC(C)n1nnnc1CSCC(=O)Nc1cnn(Cc2ccccc2F)c1. The van der Waals surface area contributed by atoms with Gasteiger partial charge in [-0.15, -0.1) is 16.9 Å². The average Bonchev–Trinajstić information content (AvgIpc) is 3.26. The van der Waals surface area contributed by atoms with E-state index in [0.29, 0.717) is 23.5 Å². The molecule has 8 nitrogen and oxygen atoms in total. The van der Waals surface area contributed by atoms with Crippen molar-refractivity contribution in [3.63, 3.8) is 0 Å². The number of anilines is 1. The Hall–Kier alpha value is -2.75. The number of carbonyl (C=O) groups is 1. The fourth-order valence-corrected chi connectivity index (χ4v) is 3.19. The number of tetrazole rings is 1. The summed E-state index contributed by atoms with van der Waals surface area (Å²) in [6.07, 6.45) is 3.22. The minimum atomic E-state index is -0.279. The number of aromatic nitrogens is 6. The molecule has 0 bridgehead atoms. The molecule has 0 aliphatic carbocycles. The van der Waals surface area contributed by atoms with Gasteiger partial charge in [-0.2, -0.15) is 5.10 Å². The van der Waals surface area contributed by atoms with Gasteiger partial charge >= 0.3 is 0 Å². The van der Waals surface area contributed by atoms with Crippen molar-refractivity contribution in [2.24, 2.45) is 0 Å². The molecule has 0 saturated carbocycles. The van der Waals surface area contributed by atoms with Crippen molar-refractivity contribution in [1.82, 2.24) is 30.0 Å². The van der Waals surface area contributed by atoms with Gasteiger partial charge in [-0.05, 0) is 30.3 Å². The van der Waals surface area contributed by atoms with Crippen LogP contribution in [-0.4, -0.2) is 41.6 Å². The van der Waals surface area contributed by atoms with Crippen LogP contribution in [0.1, 0.15) is 31.3 Å². The molecule has 3 rings (SSSR count). The number of hydrogen-bond donors (Lipinski definition) is 1. The van der Waals surface area contributed by atoms with Crippen LogP contribution >= 0.6 is 11.8 Å². The maximum absolute atomic E-state index is 13.7. The van der Waals surface area contributed by atoms with Gasteiger partial charge in [0.25, 0.3) is 0 Å². The molecule has 1 N–H and O–H groups in total. The molecule has 1 aromatic carbocycles. The molecular formula is C17H20FN7OS. The van der Waals surface area contributed by atoms with E-state index in [2.05, 4.69) is 25.9 Å². The highest BCUT2D eigenvalue weighted by atomic mass is 32.2. The van der Waals surface area contributed by atoms with Gasteiger partial charge in [0.05, 0.1) is 36.0 Å². The van der Waals surface area contributed by atoms with Crippen molar-refractivity contribution in [2.45, 2.75) is 32.2 Å². The van der Waals surface area contributed by atoms with Gasteiger partial charge in [-0.25, -0.2) is 9.07 Å². The summed E-state index contributed by atoms with van der Waals surface area (Å²) >= 11 is 1.43. The monoisotopic (exact) mass is 389 g/mol. The Morgan fingerprint density at radius 3 is 2.93 bits per heavy atom. The van der Waals surface area contributed by atoms with E-state index in [1.807, 2.05) is 13.8 Å². The van der Waals surface area contributed by atoms with Crippen LogP contribution in [0.25, 0.3) is 0 Å². The van der Waals surface area contributed by atoms with Gasteiger partial charge < -0.3 is 5.32 Å². The molecule has 0 unspecified atom stereocenters. The average molecular weight is 389 g/mol. The van der Waals surface area contributed by atoms with Gasteiger partial charge in [0.2, 0.25) is 5.91 Å². The molecule has 0 aliphatic heterocycles. The molecule has 0 radical (unpaired) electrons. The molecular weight excluding hydrogens is 369 g/mol. The second-order valence-electron chi connectivity index (χ2n) is 6.19. The predicted molar refractivity (Wildman–Crippen MR) is 101 cm³/mol. The van der Waals surface area contributed by atoms with Crippen molar-refractivity contribution in [3.05, 3.63) is 53.9 Å². The van der Waals surface area contributed by atoms with Crippen LogP contribution in [0.2, 0.25) is 0 Å². The summed E-state index contributed by atoms with van der Waals surface area (Å²) < 4.78 is 17.0. The van der Waals surface area contributed by atoms with Gasteiger partial charge in [0, 0.05) is 11.8 Å². The number of thioether (sulfide) groups is 1. The molecule has 0 atom stereocenters. The van der Waals surface area contributed by atoms with E-state index < -0.39 is 0 Å². The number of halogens is 1. The highest BCUT2D eigenvalue weighted by Gasteiger charge is 2.11. The summed E-state index contributed by atoms with van der Waals surface area (Å²) in [5.41, 5.74) is 1.11.